The van der Waals surface area contributed by atoms with Crippen LogP contribution in [0.25, 0.3) is 0 Å². The van der Waals surface area contributed by atoms with Crippen molar-refractivity contribution < 1.29 is 14.2 Å². The third kappa shape index (κ3) is 3.74. The third-order valence-electron chi connectivity index (χ3n) is 4.60. The summed E-state index contributed by atoms with van der Waals surface area (Å²) in [4.78, 5) is 2.23. The van der Waals surface area contributed by atoms with Crippen molar-refractivity contribution in [3.05, 3.63) is 29.6 Å². The normalized spacial score (nSPS) is 15.8. The Morgan fingerprint density at radius 2 is 1.90 bits per heavy atom. The summed E-state index contributed by atoms with van der Waals surface area (Å²) in [7, 11) is 1.45. The second kappa shape index (κ2) is 7.76. The van der Waals surface area contributed by atoms with Crippen LogP contribution in [0.15, 0.2) is 18.2 Å². The molecule has 4 heteroatoms. The highest BCUT2D eigenvalue weighted by Crippen LogP contribution is 2.28. The predicted molar refractivity (Wildman–Crippen MR) is 84.3 cm³/mol. The topological polar surface area (TPSA) is 32.7 Å². The minimum absolute atomic E-state index is 0.223. The molecule has 0 radical (unpaired) electrons. The SMILES string of the molecule is CCN(CC)C(C)(CC)C(O)Cc1cccc(OC)c1F. The van der Waals surface area contributed by atoms with Crippen molar-refractivity contribution in [1.82, 2.24) is 4.90 Å². The lowest BCUT2D eigenvalue weighted by Crippen LogP contribution is -2.55. The summed E-state index contributed by atoms with van der Waals surface area (Å²) in [6, 6.07) is 5.05. The molecule has 0 aliphatic heterocycles. The van der Waals surface area contributed by atoms with Crippen LogP contribution in [0, 0.1) is 5.82 Å². The number of halogens is 1. The quantitative estimate of drug-likeness (QED) is 0.799. The zero-order valence-electron chi connectivity index (χ0n) is 13.8. The van der Waals surface area contributed by atoms with Crippen LogP contribution in [-0.2, 0) is 6.42 Å². The van der Waals surface area contributed by atoms with E-state index in [0.717, 1.165) is 19.5 Å². The van der Waals surface area contributed by atoms with Gasteiger partial charge in [0.15, 0.2) is 11.6 Å². The second-order valence-corrected chi connectivity index (χ2v) is 5.54. The van der Waals surface area contributed by atoms with Gasteiger partial charge in [-0.05, 0) is 38.1 Å². The molecule has 0 saturated carbocycles. The Labute approximate surface area is 127 Å². The molecular weight excluding hydrogens is 269 g/mol. The van der Waals surface area contributed by atoms with Gasteiger partial charge in [0.05, 0.1) is 13.2 Å². The summed E-state index contributed by atoms with van der Waals surface area (Å²) < 4.78 is 19.2. The largest absolute Gasteiger partial charge is 0.494 e. The third-order valence-corrected chi connectivity index (χ3v) is 4.60. The van der Waals surface area contributed by atoms with E-state index in [0.29, 0.717) is 5.56 Å². The maximum Gasteiger partial charge on any atom is 0.168 e. The van der Waals surface area contributed by atoms with E-state index in [9.17, 15) is 9.50 Å². The molecule has 0 bridgehead atoms. The average Bonchev–Trinajstić information content (AvgIpc) is 2.50. The maximum absolute atomic E-state index is 14.2. The van der Waals surface area contributed by atoms with Crippen molar-refractivity contribution in [2.24, 2.45) is 0 Å². The molecule has 0 heterocycles. The number of ether oxygens (including phenoxy) is 1. The molecule has 21 heavy (non-hydrogen) atoms. The van der Waals surface area contributed by atoms with E-state index in [1.54, 1.807) is 18.2 Å². The van der Waals surface area contributed by atoms with E-state index in [-0.39, 0.29) is 23.5 Å². The lowest BCUT2D eigenvalue weighted by Gasteiger charge is -2.43. The van der Waals surface area contributed by atoms with Gasteiger partial charge in [-0.1, -0.05) is 32.9 Å². The van der Waals surface area contributed by atoms with Crippen molar-refractivity contribution in [2.45, 2.75) is 52.2 Å². The number of aliphatic hydroxyl groups excluding tert-OH is 1. The summed E-state index contributed by atoms with van der Waals surface area (Å²) in [5.74, 6) is -0.155. The molecule has 2 atom stereocenters. The Balaban J connectivity index is 3.00. The molecule has 1 aromatic rings. The van der Waals surface area contributed by atoms with Crippen LogP contribution in [0.1, 0.15) is 39.7 Å². The standard InChI is InChI=1S/C17H28FNO2/c1-6-17(4,19(7-2)8-3)15(20)12-13-10-9-11-14(21-5)16(13)18/h9-11,15,20H,6-8,12H2,1-5H3. The van der Waals surface area contributed by atoms with Crippen LogP contribution in [0.2, 0.25) is 0 Å². The highest BCUT2D eigenvalue weighted by molar-refractivity contribution is 5.31. The van der Waals surface area contributed by atoms with E-state index in [1.807, 2.05) is 6.92 Å². The van der Waals surface area contributed by atoms with Gasteiger partial charge >= 0.3 is 0 Å². The van der Waals surface area contributed by atoms with Crippen LogP contribution in [-0.4, -0.2) is 41.8 Å². The van der Waals surface area contributed by atoms with Crippen LogP contribution in [0.5, 0.6) is 5.75 Å². The van der Waals surface area contributed by atoms with Gasteiger partial charge in [0.2, 0.25) is 0 Å². The lowest BCUT2D eigenvalue weighted by atomic mass is 9.85. The minimum atomic E-state index is -0.635. The fourth-order valence-corrected chi connectivity index (χ4v) is 2.92. The fourth-order valence-electron chi connectivity index (χ4n) is 2.92. The first-order valence-corrected chi connectivity index (χ1v) is 7.68. The molecule has 2 unspecified atom stereocenters. The summed E-state index contributed by atoms with van der Waals surface area (Å²) >= 11 is 0. The summed E-state index contributed by atoms with van der Waals surface area (Å²) in [5.41, 5.74) is 0.132. The molecule has 0 aromatic heterocycles. The number of methoxy groups -OCH3 is 1. The Morgan fingerprint density at radius 3 is 2.38 bits per heavy atom. The van der Waals surface area contributed by atoms with Crippen molar-refractivity contribution in [2.75, 3.05) is 20.2 Å². The van der Waals surface area contributed by atoms with Gasteiger partial charge in [0, 0.05) is 12.0 Å². The molecule has 0 fully saturated rings. The van der Waals surface area contributed by atoms with E-state index < -0.39 is 6.10 Å². The molecule has 1 aromatic carbocycles. The van der Waals surface area contributed by atoms with Crippen LogP contribution >= 0.6 is 0 Å². The number of aliphatic hydroxyl groups is 1. The first kappa shape index (κ1) is 17.9. The van der Waals surface area contributed by atoms with E-state index in [4.69, 9.17) is 4.74 Å². The Hall–Kier alpha value is -1.13. The average molecular weight is 297 g/mol. The second-order valence-electron chi connectivity index (χ2n) is 5.54. The Kier molecular flexibility index (Phi) is 6.62. The molecule has 0 amide bonds. The number of hydrogen-bond acceptors (Lipinski definition) is 3. The number of benzene rings is 1. The van der Waals surface area contributed by atoms with Gasteiger partial charge in [0.25, 0.3) is 0 Å². The molecule has 3 nitrogen and oxygen atoms in total. The van der Waals surface area contributed by atoms with Gasteiger partial charge in [-0.2, -0.15) is 0 Å². The van der Waals surface area contributed by atoms with Gasteiger partial charge in [0.1, 0.15) is 0 Å². The highest BCUT2D eigenvalue weighted by Gasteiger charge is 2.36. The summed E-state index contributed by atoms with van der Waals surface area (Å²) in [6.45, 7) is 9.98. The Morgan fingerprint density at radius 1 is 1.29 bits per heavy atom. The first-order valence-electron chi connectivity index (χ1n) is 7.68. The molecule has 0 aliphatic carbocycles. The predicted octanol–water partition coefficient (Wildman–Crippen LogP) is 3.25. The lowest BCUT2D eigenvalue weighted by molar-refractivity contribution is -0.0194. The van der Waals surface area contributed by atoms with Crippen molar-refractivity contribution in [3.63, 3.8) is 0 Å². The van der Waals surface area contributed by atoms with E-state index >= 15 is 0 Å². The molecule has 0 spiro atoms. The van der Waals surface area contributed by atoms with E-state index in [1.165, 1.54) is 7.11 Å². The number of hydrogen-bond donors (Lipinski definition) is 1. The van der Waals surface area contributed by atoms with Gasteiger partial charge in [-0.15, -0.1) is 0 Å². The molecule has 120 valence electrons. The van der Waals surface area contributed by atoms with Crippen LogP contribution in [0.4, 0.5) is 4.39 Å². The fraction of sp³-hybridized carbons (Fsp3) is 0.647. The van der Waals surface area contributed by atoms with Gasteiger partial charge < -0.3 is 9.84 Å². The summed E-state index contributed by atoms with van der Waals surface area (Å²) in [5, 5.41) is 10.7. The van der Waals surface area contributed by atoms with E-state index in [2.05, 4.69) is 25.7 Å². The smallest absolute Gasteiger partial charge is 0.168 e. The van der Waals surface area contributed by atoms with Gasteiger partial charge in [-0.25, -0.2) is 4.39 Å². The molecule has 1 N–H and O–H groups in total. The van der Waals surface area contributed by atoms with Crippen LogP contribution < -0.4 is 4.74 Å². The highest BCUT2D eigenvalue weighted by atomic mass is 19.1. The van der Waals surface area contributed by atoms with Crippen molar-refractivity contribution in [1.29, 1.82) is 0 Å². The zero-order valence-corrected chi connectivity index (χ0v) is 13.8. The maximum atomic E-state index is 14.2. The monoisotopic (exact) mass is 297 g/mol. The van der Waals surface area contributed by atoms with Crippen molar-refractivity contribution >= 4 is 0 Å². The molecule has 0 saturated heterocycles. The zero-order chi connectivity index (χ0) is 16.0. The molecular formula is C17H28FNO2. The van der Waals surface area contributed by atoms with Gasteiger partial charge in [-0.3, -0.25) is 4.90 Å². The van der Waals surface area contributed by atoms with Crippen molar-refractivity contribution in [3.8, 4) is 5.75 Å². The number of rotatable bonds is 8. The number of likely N-dealkylation sites (N-methyl/N-ethyl adjacent to an activating group) is 1. The number of nitrogens with zero attached hydrogens (tertiary/aromatic N) is 1. The minimum Gasteiger partial charge on any atom is -0.494 e. The van der Waals surface area contributed by atoms with Crippen LogP contribution in [0.3, 0.4) is 0 Å². The molecule has 1 rings (SSSR count). The summed E-state index contributed by atoms with van der Waals surface area (Å²) in [6.07, 6.45) is 0.453. The molecule has 0 aliphatic rings. The first-order chi connectivity index (χ1) is 9.94. The Bertz CT molecular complexity index is 448.